The highest BCUT2D eigenvalue weighted by atomic mass is 35.5. The summed E-state index contributed by atoms with van der Waals surface area (Å²) in [6.45, 7) is 2.10. The van der Waals surface area contributed by atoms with Gasteiger partial charge in [-0.15, -0.1) is 0 Å². The van der Waals surface area contributed by atoms with Crippen LogP contribution in [0.3, 0.4) is 0 Å². The van der Waals surface area contributed by atoms with E-state index >= 15 is 0 Å². The summed E-state index contributed by atoms with van der Waals surface area (Å²) in [7, 11) is 0. The smallest absolute Gasteiger partial charge is 0.0401 e. The molecule has 0 radical (unpaired) electrons. The van der Waals surface area contributed by atoms with Crippen molar-refractivity contribution in [2.75, 3.05) is 0 Å². The van der Waals surface area contributed by atoms with Gasteiger partial charge in [-0.25, -0.2) is 0 Å². The zero-order valence-corrected chi connectivity index (χ0v) is 8.77. The fourth-order valence-corrected chi connectivity index (χ4v) is 2.52. The van der Waals surface area contributed by atoms with Crippen LogP contribution in [0, 0.1) is 5.92 Å². The van der Waals surface area contributed by atoms with Gasteiger partial charge in [-0.05, 0) is 44.1 Å². The highest BCUT2D eigenvalue weighted by molar-refractivity contribution is 6.32. The van der Waals surface area contributed by atoms with E-state index in [-0.39, 0.29) is 0 Å². The summed E-state index contributed by atoms with van der Waals surface area (Å²) in [5.41, 5.74) is 2.83. The van der Waals surface area contributed by atoms with Gasteiger partial charge in [0.1, 0.15) is 0 Å². The van der Waals surface area contributed by atoms with E-state index in [0.29, 0.717) is 0 Å². The number of halogens is 1. The van der Waals surface area contributed by atoms with Crippen molar-refractivity contribution in [1.82, 2.24) is 0 Å². The maximum absolute atomic E-state index is 6.18. The first-order chi connectivity index (χ1) is 6.31. The van der Waals surface area contributed by atoms with E-state index in [4.69, 9.17) is 11.6 Å². The second-order valence-corrected chi connectivity index (χ2v) is 4.24. The third-order valence-electron chi connectivity index (χ3n) is 3.05. The first-order valence-corrected chi connectivity index (χ1v) is 5.42. The molecule has 0 spiro atoms. The topological polar surface area (TPSA) is 0 Å². The summed E-state index contributed by atoms with van der Waals surface area (Å²) in [5, 5.41) is 0.996. The number of rotatable bonds is 0. The van der Waals surface area contributed by atoms with Crippen molar-refractivity contribution in [3.05, 3.63) is 34.4 Å². The average molecular weight is 195 g/mol. The molecule has 0 amide bonds. The Labute approximate surface area is 85.0 Å². The molecule has 1 unspecified atom stereocenters. The standard InChI is InChI=1S/C12H15Cl/c1-2-9-6-7-10-4-3-5-12(13)11(10)8-9/h2,5,8,10H,3-4,6-7H2,1H3/b9-2+. The van der Waals surface area contributed by atoms with E-state index in [2.05, 4.69) is 25.2 Å². The second kappa shape index (κ2) is 3.71. The molecule has 2 aliphatic rings. The van der Waals surface area contributed by atoms with Gasteiger partial charge >= 0.3 is 0 Å². The van der Waals surface area contributed by atoms with E-state index < -0.39 is 0 Å². The zero-order valence-electron chi connectivity index (χ0n) is 8.02. The van der Waals surface area contributed by atoms with Crippen LogP contribution in [0.4, 0.5) is 0 Å². The molecule has 13 heavy (non-hydrogen) atoms. The Balaban J connectivity index is 2.34. The molecule has 0 aliphatic heterocycles. The van der Waals surface area contributed by atoms with Crippen molar-refractivity contribution in [2.45, 2.75) is 32.6 Å². The van der Waals surface area contributed by atoms with Crippen molar-refractivity contribution in [1.29, 1.82) is 0 Å². The van der Waals surface area contributed by atoms with Crippen molar-refractivity contribution in [2.24, 2.45) is 5.92 Å². The van der Waals surface area contributed by atoms with Gasteiger partial charge in [0, 0.05) is 5.03 Å². The quantitative estimate of drug-likeness (QED) is 0.543. The summed E-state index contributed by atoms with van der Waals surface area (Å²) >= 11 is 6.18. The molecule has 0 aromatic rings. The maximum atomic E-state index is 6.18. The van der Waals surface area contributed by atoms with E-state index in [1.165, 1.54) is 30.4 Å². The molecule has 2 aliphatic carbocycles. The van der Waals surface area contributed by atoms with E-state index in [9.17, 15) is 0 Å². The SMILES string of the molecule is C/C=C1/C=C2C(Cl)=CCCC2CC1. The minimum atomic E-state index is 0.737. The molecule has 70 valence electrons. The van der Waals surface area contributed by atoms with Gasteiger partial charge in [-0.2, -0.15) is 0 Å². The molecular weight excluding hydrogens is 180 g/mol. The summed E-state index contributed by atoms with van der Waals surface area (Å²) < 4.78 is 0. The van der Waals surface area contributed by atoms with Crippen LogP contribution >= 0.6 is 11.6 Å². The average Bonchev–Trinajstić information content (AvgIpc) is 2.18. The molecule has 0 nitrogen and oxygen atoms in total. The molecule has 0 saturated carbocycles. The van der Waals surface area contributed by atoms with Crippen LogP contribution in [0.1, 0.15) is 32.6 Å². The van der Waals surface area contributed by atoms with E-state index in [1.54, 1.807) is 0 Å². The van der Waals surface area contributed by atoms with Crippen LogP contribution < -0.4 is 0 Å². The molecule has 0 heterocycles. The third-order valence-corrected chi connectivity index (χ3v) is 3.42. The normalized spacial score (nSPS) is 30.9. The molecule has 0 N–H and O–H groups in total. The Bertz CT molecular complexity index is 294. The van der Waals surface area contributed by atoms with Crippen molar-refractivity contribution >= 4 is 11.6 Å². The summed E-state index contributed by atoms with van der Waals surface area (Å²) in [6.07, 6.45) is 11.6. The number of allylic oxidation sites excluding steroid dienone is 6. The Hall–Kier alpha value is -0.490. The lowest BCUT2D eigenvalue weighted by atomic mass is 9.79. The zero-order chi connectivity index (χ0) is 9.26. The van der Waals surface area contributed by atoms with Crippen LogP contribution in [0.5, 0.6) is 0 Å². The van der Waals surface area contributed by atoms with Gasteiger partial charge in [0.2, 0.25) is 0 Å². The second-order valence-electron chi connectivity index (χ2n) is 3.83. The van der Waals surface area contributed by atoms with Crippen molar-refractivity contribution in [3.8, 4) is 0 Å². The van der Waals surface area contributed by atoms with Crippen LogP contribution in [-0.4, -0.2) is 0 Å². The van der Waals surface area contributed by atoms with Crippen LogP contribution in [0.15, 0.2) is 34.4 Å². The number of hydrogen-bond acceptors (Lipinski definition) is 0. The molecular formula is C12H15Cl. The van der Waals surface area contributed by atoms with Gasteiger partial charge < -0.3 is 0 Å². The number of hydrogen-bond donors (Lipinski definition) is 0. The van der Waals surface area contributed by atoms with Crippen LogP contribution in [-0.2, 0) is 0 Å². The van der Waals surface area contributed by atoms with Crippen molar-refractivity contribution < 1.29 is 0 Å². The molecule has 1 heteroatoms. The predicted molar refractivity (Wildman–Crippen MR) is 57.7 cm³/mol. The summed E-state index contributed by atoms with van der Waals surface area (Å²) in [6, 6.07) is 0. The van der Waals surface area contributed by atoms with Crippen molar-refractivity contribution in [3.63, 3.8) is 0 Å². The minimum absolute atomic E-state index is 0.737. The maximum Gasteiger partial charge on any atom is 0.0401 e. The molecule has 0 fully saturated rings. The van der Waals surface area contributed by atoms with Gasteiger partial charge in [0.15, 0.2) is 0 Å². The minimum Gasteiger partial charge on any atom is -0.0844 e. The molecule has 0 aromatic carbocycles. The van der Waals surface area contributed by atoms with E-state index in [0.717, 1.165) is 17.4 Å². The summed E-state index contributed by atoms with van der Waals surface area (Å²) in [5.74, 6) is 0.737. The van der Waals surface area contributed by atoms with Crippen LogP contribution in [0.25, 0.3) is 0 Å². The molecule has 2 rings (SSSR count). The van der Waals surface area contributed by atoms with Crippen LogP contribution in [0.2, 0.25) is 0 Å². The van der Waals surface area contributed by atoms with Gasteiger partial charge in [0.05, 0.1) is 0 Å². The lowest BCUT2D eigenvalue weighted by molar-refractivity contribution is 0.505. The summed E-state index contributed by atoms with van der Waals surface area (Å²) in [4.78, 5) is 0. The highest BCUT2D eigenvalue weighted by Gasteiger charge is 2.23. The third kappa shape index (κ3) is 1.73. The van der Waals surface area contributed by atoms with Gasteiger partial charge in [-0.1, -0.05) is 35.4 Å². The lowest BCUT2D eigenvalue weighted by Gasteiger charge is -2.28. The fourth-order valence-electron chi connectivity index (χ4n) is 2.21. The fraction of sp³-hybridized carbons (Fsp3) is 0.500. The highest BCUT2D eigenvalue weighted by Crippen LogP contribution is 2.39. The first kappa shape index (κ1) is 9.08. The Kier molecular flexibility index (Phi) is 2.59. The van der Waals surface area contributed by atoms with E-state index in [1.807, 2.05) is 0 Å². The lowest BCUT2D eigenvalue weighted by Crippen LogP contribution is -2.13. The molecule has 0 aromatic heterocycles. The monoisotopic (exact) mass is 194 g/mol. The number of fused-ring (bicyclic) bond motifs is 1. The Morgan fingerprint density at radius 2 is 2.31 bits per heavy atom. The molecule has 0 bridgehead atoms. The predicted octanol–water partition coefficient (Wildman–Crippen LogP) is 4.19. The Morgan fingerprint density at radius 1 is 1.46 bits per heavy atom. The largest absolute Gasteiger partial charge is 0.0844 e. The van der Waals surface area contributed by atoms with Gasteiger partial charge in [0.25, 0.3) is 0 Å². The Morgan fingerprint density at radius 3 is 3.08 bits per heavy atom. The first-order valence-electron chi connectivity index (χ1n) is 5.04. The molecule has 1 atom stereocenters. The molecule has 0 saturated heterocycles. The van der Waals surface area contributed by atoms with Gasteiger partial charge in [-0.3, -0.25) is 0 Å².